The first kappa shape index (κ1) is 21.3. The standard InChI is InChI=1S/C18H19N3O8/c1-26-11-9-8-10(21(24)25)16(29-4)14(11)17(22)20-18(23)19-15-12(27-2)6-5-7-13(15)28-3/h5-9H,1-4H3,(H2,19,20,22,23). The maximum atomic E-state index is 12.7. The maximum Gasteiger partial charge on any atom is 0.326 e. The van der Waals surface area contributed by atoms with E-state index in [1.807, 2.05) is 0 Å². The smallest absolute Gasteiger partial charge is 0.326 e. The summed E-state index contributed by atoms with van der Waals surface area (Å²) in [5, 5.41) is 15.7. The van der Waals surface area contributed by atoms with Crippen molar-refractivity contribution in [2.24, 2.45) is 0 Å². The molecule has 11 heteroatoms. The van der Waals surface area contributed by atoms with E-state index in [-0.39, 0.29) is 22.7 Å². The molecule has 0 saturated carbocycles. The minimum atomic E-state index is -0.964. The number of nitrogens with zero attached hydrogens (tertiary/aromatic N) is 1. The second-order valence-electron chi connectivity index (χ2n) is 5.40. The molecule has 0 aliphatic carbocycles. The van der Waals surface area contributed by atoms with Gasteiger partial charge in [-0.3, -0.25) is 20.2 Å². The third kappa shape index (κ3) is 4.46. The van der Waals surface area contributed by atoms with Crippen molar-refractivity contribution in [3.63, 3.8) is 0 Å². The number of nitro benzene ring substituents is 1. The highest BCUT2D eigenvalue weighted by molar-refractivity contribution is 6.11. The van der Waals surface area contributed by atoms with Gasteiger partial charge in [0.2, 0.25) is 5.75 Å². The van der Waals surface area contributed by atoms with Crippen LogP contribution in [0.4, 0.5) is 16.2 Å². The third-order valence-corrected chi connectivity index (χ3v) is 3.84. The van der Waals surface area contributed by atoms with Gasteiger partial charge in [-0.05, 0) is 18.2 Å². The molecule has 0 radical (unpaired) electrons. The van der Waals surface area contributed by atoms with Gasteiger partial charge in [0.25, 0.3) is 5.91 Å². The highest BCUT2D eigenvalue weighted by Crippen LogP contribution is 2.37. The van der Waals surface area contributed by atoms with Crippen LogP contribution < -0.4 is 29.6 Å². The molecule has 2 N–H and O–H groups in total. The summed E-state index contributed by atoms with van der Waals surface area (Å²) in [6.45, 7) is 0. The Balaban J connectivity index is 2.35. The topological polar surface area (TPSA) is 138 Å². The average Bonchev–Trinajstić information content (AvgIpc) is 2.72. The maximum absolute atomic E-state index is 12.7. The first-order valence-corrected chi connectivity index (χ1v) is 8.10. The summed E-state index contributed by atoms with van der Waals surface area (Å²) in [5.74, 6) is -0.703. The number of para-hydroxylation sites is 1. The summed E-state index contributed by atoms with van der Waals surface area (Å²) in [6, 6.07) is 6.28. The molecule has 29 heavy (non-hydrogen) atoms. The lowest BCUT2D eigenvalue weighted by Crippen LogP contribution is -2.35. The minimum Gasteiger partial charge on any atom is -0.496 e. The number of ether oxygens (including phenoxy) is 4. The van der Waals surface area contributed by atoms with E-state index in [0.29, 0.717) is 11.5 Å². The van der Waals surface area contributed by atoms with Crippen molar-refractivity contribution in [2.75, 3.05) is 33.8 Å². The molecule has 0 unspecified atom stereocenters. The zero-order valence-corrected chi connectivity index (χ0v) is 16.1. The Hall–Kier alpha value is -4.02. The monoisotopic (exact) mass is 405 g/mol. The summed E-state index contributed by atoms with van der Waals surface area (Å²) in [7, 11) is 5.25. The first-order chi connectivity index (χ1) is 13.9. The van der Waals surface area contributed by atoms with Crippen molar-refractivity contribution in [3.05, 3.63) is 46.0 Å². The van der Waals surface area contributed by atoms with Gasteiger partial charge in [-0.25, -0.2) is 4.79 Å². The van der Waals surface area contributed by atoms with Gasteiger partial charge in [0.1, 0.15) is 28.5 Å². The number of hydrogen-bond acceptors (Lipinski definition) is 8. The van der Waals surface area contributed by atoms with E-state index in [4.69, 9.17) is 18.9 Å². The Kier molecular flexibility index (Phi) is 6.80. The molecule has 3 amide bonds. The van der Waals surface area contributed by atoms with E-state index in [9.17, 15) is 19.7 Å². The van der Waals surface area contributed by atoms with E-state index in [2.05, 4.69) is 10.6 Å². The molecule has 0 saturated heterocycles. The molecule has 2 aromatic rings. The number of imide groups is 1. The van der Waals surface area contributed by atoms with Crippen molar-refractivity contribution in [2.45, 2.75) is 0 Å². The van der Waals surface area contributed by atoms with Crippen molar-refractivity contribution in [3.8, 4) is 23.0 Å². The number of benzene rings is 2. The number of carbonyl (C=O) groups excluding carboxylic acids is 2. The van der Waals surface area contributed by atoms with Crippen molar-refractivity contribution in [1.29, 1.82) is 0 Å². The van der Waals surface area contributed by atoms with E-state index < -0.39 is 22.5 Å². The number of methoxy groups -OCH3 is 4. The highest BCUT2D eigenvalue weighted by atomic mass is 16.6. The van der Waals surface area contributed by atoms with Gasteiger partial charge in [-0.2, -0.15) is 0 Å². The Morgan fingerprint density at radius 3 is 1.97 bits per heavy atom. The summed E-state index contributed by atoms with van der Waals surface area (Å²) < 4.78 is 20.4. The van der Waals surface area contributed by atoms with Crippen LogP contribution in [0.15, 0.2) is 30.3 Å². The van der Waals surface area contributed by atoms with Gasteiger partial charge in [0, 0.05) is 6.07 Å². The van der Waals surface area contributed by atoms with E-state index in [1.54, 1.807) is 18.2 Å². The van der Waals surface area contributed by atoms with Gasteiger partial charge in [0.05, 0.1) is 33.4 Å². The second-order valence-corrected chi connectivity index (χ2v) is 5.40. The van der Waals surface area contributed by atoms with Crippen molar-refractivity contribution in [1.82, 2.24) is 5.32 Å². The largest absolute Gasteiger partial charge is 0.496 e. The molecule has 0 heterocycles. The molecule has 2 rings (SSSR count). The predicted molar refractivity (Wildman–Crippen MR) is 102 cm³/mol. The van der Waals surface area contributed by atoms with Gasteiger partial charge in [-0.1, -0.05) is 6.07 Å². The summed E-state index contributed by atoms with van der Waals surface area (Å²) in [6.07, 6.45) is 0. The fourth-order valence-corrected chi connectivity index (χ4v) is 2.57. The number of hydrogen-bond donors (Lipinski definition) is 2. The second kappa shape index (κ2) is 9.26. The van der Waals surface area contributed by atoms with Crippen LogP contribution in [-0.2, 0) is 0 Å². The van der Waals surface area contributed by atoms with Crippen molar-refractivity contribution < 1.29 is 33.5 Å². The zero-order chi connectivity index (χ0) is 21.6. The Labute approximate surface area is 165 Å². The zero-order valence-electron chi connectivity index (χ0n) is 16.1. The van der Waals surface area contributed by atoms with Crippen LogP contribution in [0.2, 0.25) is 0 Å². The summed E-state index contributed by atoms with van der Waals surface area (Å²) >= 11 is 0. The normalized spacial score (nSPS) is 9.93. The molecule has 11 nitrogen and oxygen atoms in total. The SMILES string of the molecule is COc1cccc(OC)c1NC(=O)NC(=O)c1c(OC)ccc([N+](=O)[O-])c1OC. The van der Waals surface area contributed by atoms with Crippen LogP contribution in [0.25, 0.3) is 0 Å². The van der Waals surface area contributed by atoms with Crippen LogP contribution in [0.1, 0.15) is 10.4 Å². The third-order valence-electron chi connectivity index (χ3n) is 3.84. The van der Waals surface area contributed by atoms with Crippen LogP contribution in [0, 0.1) is 10.1 Å². The van der Waals surface area contributed by atoms with Gasteiger partial charge >= 0.3 is 11.7 Å². The number of amides is 3. The molecule has 2 aromatic carbocycles. The number of anilines is 1. The summed E-state index contributed by atoms with van der Waals surface area (Å²) in [4.78, 5) is 35.5. The van der Waals surface area contributed by atoms with E-state index >= 15 is 0 Å². The van der Waals surface area contributed by atoms with Crippen LogP contribution in [0.5, 0.6) is 23.0 Å². The number of nitrogens with one attached hydrogen (secondary N) is 2. The Bertz CT molecular complexity index is 923. The molecule has 0 bridgehead atoms. The molecule has 0 aromatic heterocycles. The predicted octanol–water partition coefficient (Wildman–Crippen LogP) is 2.59. The van der Waals surface area contributed by atoms with Gasteiger partial charge < -0.3 is 24.3 Å². The van der Waals surface area contributed by atoms with E-state index in [1.165, 1.54) is 34.5 Å². The fourth-order valence-electron chi connectivity index (χ4n) is 2.57. The molecule has 154 valence electrons. The lowest BCUT2D eigenvalue weighted by atomic mass is 10.1. The number of rotatable bonds is 7. The molecular formula is C18H19N3O8. The quantitative estimate of drug-likeness (QED) is 0.529. The first-order valence-electron chi connectivity index (χ1n) is 8.10. The lowest BCUT2D eigenvalue weighted by molar-refractivity contribution is -0.385. The molecule has 0 atom stereocenters. The molecule has 0 fully saturated rings. The lowest BCUT2D eigenvalue weighted by Gasteiger charge is -2.15. The van der Waals surface area contributed by atoms with Crippen LogP contribution in [0.3, 0.4) is 0 Å². The molecule has 0 aliphatic heterocycles. The van der Waals surface area contributed by atoms with Crippen LogP contribution >= 0.6 is 0 Å². The minimum absolute atomic E-state index is 0.00683. The van der Waals surface area contributed by atoms with Crippen LogP contribution in [-0.4, -0.2) is 45.3 Å². The average molecular weight is 405 g/mol. The molecular weight excluding hydrogens is 386 g/mol. The Morgan fingerprint density at radius 1 is 0.897 bits per heavy atom. The molecule has 0 spiro atoms. The highest BCUT2D eigenvalue weighted by Gasteiger charge is 2.28. The number of carbonyl (C=O) groups is 2. The Morgan fingerprint density at radius 2 is 1.48 bits per heavy atom. The van der Waals surface area contributed by atoms with Crippen molar-refractivity contribution >= 4 is 23.3 Å². The summed E-state index contributed by atoms with van der Waals surface area (Å²) in [5.41, 5.74) is -0.558. The number of nitro groups is 1. The van der Waals surface area contributed by atoms with Gasteiger partial charge in [-0.15, -0.1) is 0 Å². The number of urea groups is 1. The molecule has 0 aliphatic rings. The van der Waals surface area contributed by atoms with Gasteiger partial charge in [0.15, 0.2) is 0 Å². The van der Waals surface area contributed by atoms with E-state index in [0.717, 1.165) is 6.07 Å². The fraction of sp³-hybridized carbons (Fsp3) is 0.222.